The molecule has 3 rings (SSSR count). The van der Waals surface area contributed by atoms with Crippen molar-refractivity contribution in [3.8, 4) is 5.75 Å². The van der Waals surface area contributed by atoms with Gasteiger partial charge in [-0.05, 0) is 47.7 Å². The van der Waals surface area contributed by atoms with E-state index < -0.39 is 11.9 Å². The molecule has 32 heavy (non-hydrogen) atoms. The minimum Gasteiger partial charge on any atom is -0.545 e. The van der Waals surface area contributed by atoms with E-state index in [9.17, 15) is 14.7 Å². The van der Waals surface area contributed by atoms with E-state index >= 15 is 0 Å². The second-order valence-electron chi connectivity index (χ2n) is 7.86. The lowest BCUT2D eigenvalue weighted by Crippen LogP contribution is -2.37. The third-order valence-electron chi connectivity index (χ3n) is 5.14. The number of aryl methyl sites for hydroxylation is 1. The first-order chi connectivity index (χ1) is 15.3. The van der Waals surface area contributed by atoms with Gasteiger partial charge in [0, 0.05) is 10.6 Å². The van der Waals surface area contributed by atoms with E-state index in [1.807, 2.05) is 31.2 Å². The SMILES string of the molecule is Cc1ccc(C(C)C)c(OCC(=O)N(Cc2ccccc2Cl)c2ccccc2C(=O)[O-])c1. The van der Waals surface area contributed by atoms with Gasteiger partial charge in [-0.15, -0.1) is 0 Å². The molecule has 1 amide bonds. The molecule has 0 radical (unpaired) electrons. The first-order valence-electron chi connectivity index (χ1n) is 10.4. The second-order valence-corrected chi connectivity index (χ2v) is 8.27. The summed E-state index contributed by atoms with van der Waals surface area (Å²) in [5.74, 6) is -0.896. The van der Waals surface area contributed by atoms with Crippen molar-refractivity contribution in [1.29, 1.82) is 0 Å². The summed E-state index contributed by atoms with van der Waals surface area (Å²) in [6, 6.07) is 19.3. The number of amides is 1. The zero-order valence-corrected chi connectivity index (χ0v) is 19.1. The molecule has 6 heteroatoms. The summed E-state index contributed by atoms with van der Waals surface area (Å²) in [7, 11) is 0. The highest BCUT2D eigenvalue weighted by Crippen LogP contribution is 2.29. The molecule has 3 aromatic carbocycles. The van der Waals surface area contributed by atoms with Gasteiger partial charge in [-0.25, -0.2) is 0 Å². The van der Waals surface area contributed by atoms with Crippen LogP contribution in [0.5, 0.6) is 5.75 Å². The maximum Gasteiger partial charge on any atom is 0.265 e. The lowest BCUT2D eigenvalue weighted by molar-refractivity contribution is -0.254. The lowest BCUT2D eigenvalue weighted by Gasteiger charge is -2.26. The molecule has 0 aromatic heterocycles. The standard InChI is InChI=1S/C26H26ClNO4/c1-17(2)20-13-12-18(3)14-24(20)32-16-25(29)28(15-19-8-4-6-10-22(19)27)23-11-7-5-9-21(23)26(30)31/h4-14,17H,15-16H2,1-3H3,(H,30,31)/p-1. The number of aromatic carboxylic acids is 1. The largest absolute Gasteiger partial charge is 0.545 e. The number of halogens is 1. The average molecular weight is 451 g/mol. The average Bonchev–Trinajstić information content (AvgIpc) is 2.76. The van der Waals surface area contributed by atoms with Crippen molar-refractivity contribution >= 4 is 29.2 Å². The van der Waals surface area contributed by atoms with Gasteiger partial charge in [0.15, 0.2) is 6.61 Å². The smallest absolute Gasteiger partial charge is 0.265 e. The monoisotopic (exact) mass is 450 g/mol. The highest BCUT2D eigenvalue weighted by molar-refractivity contribution is 6.31. The number of carboxylic acids is 1. The van der Waals surface area contributed by atoms with Crippen LogP contribution >= 0.6 is 11.6 Å². The maximum atomic E-state index is 13.3. The molecular weight excluding hydrogens is 426 g/mol. The number of para-hydroxylation sites is 1. The number of carbonyl (C=O) groups excluding carboxylic acids is 2. The van der Waals surface area contributed by atoms with Crippen molar-refractivity contribution in [1.82, 2.24) is 0 Å². The van der Waals surface area contributed by atoms with E-state index in [1.54, 1.807) is 36.4 Å². The van der Waals surface area contributed by atoms with Crippen LogP contribution < -0.4 is 14.7 Å². The summed E-state index contributed by atoms with van der Waals surface area (Å²) < 4.78 is 5.92. The molecule has 3 aromatic rings. The van der Waals surface area contributed by atoms with E-state index in [1.165, 1.54) is 11.0 Å². The minimum atomic E-state index is -1.36. The van der Waals surface area contributed by atoms with Crippen molar-refractivity contribution in [2.75, 3.05) is 11.5 Å². The summed E-state index contributed by atoms with van der Waals surface area (Å²) in [4.78, 5) is 26.4. The summed E-state index contributed by atoms with van der Waals surface area (Å²) in [6.45, 7) is 5.91. The van der Waals surface area contributed by atoms with E-state index in [-0.39, 0.29) is 30.3 Å². The number of rotatable bonds is 8. The number of benzene rings is 3. The topological polar surface area (TPSA) is 69.7 Å². The summed E-state index contributed by atoms with van der Waals surface area (Å²) >= 11 is 6.31. The fraction of sp³-hybridized carbons (Fsp3) is 0.231. The van der Waals surface area contributed by atoms with Crippen molar-refractivity contribution < 1.29 is 19.4 Å². The van der Waals surface area contributed by atoms with Gasteiger partial charge < -0.3 is 19.5 Å². The van der Waals surface area contributed by atoms with Crippen LogP contribution in [0.1, 0.15) is 46.8 Å². The van der Waals surface area contributed by atoms with Crippen LogP contribution in [0.4, 0.5) is 5.69 Å². The van der Waals surface area contributed by atoms with Crippen LogP contribution in [0, 0.1) is 6.92 Å². The molecule has 0 heterocycles. The molecular formula is C26H25ClNO4-. The van der Waals surface area contributed by atoms with Crippen LogP contribution in [-0.4, -0.2) is 18.5 Å². The van der Waals surface area contributed by atoms with E-state index in [4.69, 9.17) is 16.3 Å². The molecule has 0 aliphatic carbocycles. The van der Waals surface area contributed by atoms with Gasteiger partial charge in [0.25, 0.3) is 5.91 Å². The molecule has 0 saturated carbocycles. The molecule has 0 N–H and O–H groups in total. The molecule has 0 spiro atoms. The Labute approximate surface area is 193 Å². The summed E-state index contributed by atoms with van der Waals surface area (Å²) in [5.41, 5.74) is 2.86. The Morgan fingerprint density at radius 3 is 2.41 bits per heavy atom. The second kappa shape index (κ2) is 10.3. The molecule has 0 fully saturated rings. The van der Waals surface area contributed by atoms with Crippen LogP contribution in [0.15, 0.2) is 66.7 Å². The number of carbonyl (C=O) groups is 2. The maximum absolute atomic E-state index is 13.3. The molecule has 0 atom stereocenters. The molecule has 0 unspecified atom stereocenters. The third kappa shape index (κ3) is 5.48. The van der Waals surface area contributed by atoms with Gasteiger partial charge >= 0.3 is 0 Å². The summed E-state index contributed by atoms with van der Waals surface area (Å²) in [5, 5.41) is 12.2. The van der Waals surface area contributed by atoms with Crippen molar-refractivity contribution in [3.63, 3.8) is 0 Å². The first-order valence-corrected chi connectivity index (χ1v) is 10.7. The molecule has 5 nitrogen and oxygen atoms in total. The highest BCUT2D eigenvalue weighted by Gasteiger charge is 2.22. The van der Waals surface area contributed by atoms with Crippen molar-refractivity contribution in [2.24, 2.45) is 0 Å². The number of anilines is 1. The van der Waals surface area contributed by atoms with Gasteiger partial charge in [-0.1, -0.05) is 74.0 Å². The number of ether oxygens (including phenoxy) is 1. The number of hydrogen-bond donors (Lipinski definition) is 0. The van der Waals surface area contributed by atoms with Gasteiger partial charge in [-0.2, -0.15) is 0 Å². The van der Waals surface area contributed by atoms with Crippen molar-refractivity contribution in [3.05, 3.63) is 94.0 Å². The first kappa shape index (κ1) is 23.4. The Kier molecular flexibility index (Phi) is 7.54. The fourth-order valence-electron chi connectivity index (χ4n) is 3.45. The van der Waals surface area contributed by atoms with E-state index in [0.717, 1.165) is 11.1 Å². The Hall–Kier alpha value is -3.31. The minimum absolute atomic E-state index is 0.0775. The van der Waals surface area contributed by atoms with E-state index in [0.29, 0.717) is 16.3 Å². The third-order valence-corrected chi connectivity index (χ3v) is 5.51. The Balaban J connectivity index is 1.94. The molecule has 166 valence electrons. The Bertz CT molecular complexity index is 1130. The number of carboxylic acid groups (broad SMARTS) is 1. The zero-order chi connectivity index (χ0) is 23.3. The normalized spacial score (nSPS) is 10.8. The predicted octanol–water partition coefficient (Wildman–Crippen LogP) is 4.75. The van der Waals surface area contributed by atoms with Gasteiger partial charge in [0.1, 0.15) is 5.75 Å². The van der Waals surface area contributed by atoms with Gasteiger partial charge in [0.2, 0.25) is 0 Å². The van der Waals surface area contributed by atoms with Crippen LogP contribution in [0.3, 0.4) is 0 Å². The predicted molar refractivity (Wildman–Crippen MR) is 124 cm³/mol. The fourth-order valence-corrected chi connectivity index (χ4v) is 3.64. The van der Waals surface area contributed by atoms with Gasteiger partial charge in [0.05, 0.1) is 18.2 Å². The number of nitrogens with zero attached hydrogens (tertiary/aromatic N) is 1. The van der Waals surface area contributed by atoms with E-state index in [2.05, 4.69) is 13.8 Å². The highest BCUT2D eigenvalue weighted by atomic mass is 35.5. The zero-order valence-electron chi connectivity index (χ0n) is 18.3. The Morgan fingerprint density at radius 1 is 1.03 bits per heavy atom. The van der Waals surface area contributed by atoms with Crippen LogP contribution in [0.2, 0.25) is 5.02 Å². The van der Waals surface area contributed by atoms with Crippen molar-refractivity contribution in [2.45, 2.75) is 33.2 Å². The lowest BCUT2D eigenvalue weighted by atomic mass is 10.0. The Morgan fingerprint density at radius 2 is 1.72 bits per heavy atom. The molecule has 0 aliphatic rings. The van der Waals surface area contributed by atoms with Gasteiger partial charge in [-0.3, -0.25) is 4.79 Å². The number of hydrogen-bond acceptors (Lipinski definition) is 4. The molecule has 0 bridgehead atoms. The van der Waals surface area contributed by atoms with Crippen LogP contribution in [0.25, 0.3) is 0 Å². The molecule has 0 aliphatic heterocycles. The summed E-state index contributed by atoms with van der Waals surface area (Å²) in [6.07, 6.45) is 0. The molecule has 0 saturated heterocycles. The quantitative estimate of drug-likeness (QED) is 0.496. The van der Waals surface area contributed by atoms with Crippen LogP contribution in [-0.2, 0) is 11.3 Å².